The van der Waals surface area contributed by atoms with Gasteiger partial charge < -0.3 is 20.2 Å². The highest BCUT2D eigenvalue weighted by molar-refractivity contribution is 5.97. The first-order chi connectivity index (χ1) is 11.2. The Kier molecular flexibility index (Phi) is 6.45. The van der Waals surface area contributed by atoms with Crippen molar-refractivity contribution < 1.29 is 14.7 Å². The van der Waals surface area contributed by atoms with Gasteiger partial charge in [-0.05, 0) is 31.5 Å². The van der Waals surface area contributed by atoms with Gasteiger partial charge in [0.1, 0.15) is 5.75 Å². The van der Waals surface area contributed by atoms with E-state index in [-0.39, 0.29) is 35.9 Å². The molecule has 2 amide bonds. The highest BCUT2D eigenvalue weighted by atomic mass is 35.5. The standard InChI is InChI=1S/C17H23N3O3.ClH/c21-15-6-2-1-5-14(15)17(23)20-10-8-19(9-11-20)16(22)13-4-3-7-18-12-13;/h1-2,5-6,13,18,21H,3-4,7-12H2;1H. The molecular weight excluding hydrogens is 330 g/mol. The molecule has 0 radical (unpaired) electrons. The number of phenols is 1. The van der Waals surface area contributed by atoms with E-state index in [2.05, 4.69) is 5.32 Å². The molecule has 2 fully saturated rings. The molecule has 2 aliphatic rings. The number of hydrogen-bond acceptors (Lipinski definition) is 4. The number of nitrogens with zero attached hydrogens (tertiary/aromatic N) is 2. The number of piperidine rings is 1. The summed E-state index contributed by atoms with van der Waals surface area (Å²) in [5.41, 5.74) is 0.323. The van der Waals surface area contributed by atoms with Crippen molar-refractivity contribution in [2.24, 2.45) is 5.92 Å². The van der Waals surface area contributed by atoms with Crippen LogP contribution in [0.15, 0.2) is 24.3 Å². The van der Waals surface area contributed by atoms with Crippen molar-refractivity contribution in [3.63, 3.8) is 0 Å². The van der Waals surface area contributed by atoms with E-state index in [9.17, 15) is 14.7 Å². The van der Waals surface area contributed by atoms with Crippen LogP contribution >= 0.6 is 12.4 Å². The Morgan fingerprint density at radius 1 is 1.08 bits per heavy atom. The second-order valence-electron chi connectivity index (χ2n) is 6.18. The van der Waals surface area contributed by atoms with Crippen LogP contribution in [-0.4, -0.2) is 66.0 Å². The smallest absolute Gasteiger partial charge is 0.257 e. The van der Waals surface area contributed by atoms with Crippen molar-refractivity contribution in [1.29, 1.82) is 0 Å². The first-order valence-corrected chi connectivity index (χ1v) is 8.23. The van der Waals surface area contributed by atoms with Gasteiger partial charge in [-0.3, -0.25) is 9.59 Å². The molecule has 1 aromatic rings. The average Bonchev–Trinajstić information content (AvgIpc) is 2.62. The first kappa shape index (κ1) is 18.5. The van der Waals surface area contributed by atoms with Crippen molar-refractivity contribution in [3.8, 4) is 5.75 Å². The lowest BCUT2D eigenvalue weighted by Gasteiger charge is -2.37. The minimum absolute atomic E-state index is 0. The summed E-state index contributed by atoms with van der Waals surface area (Å²) in [5, 5.41) is 13.1. The van der Waals surface area contributed by atoms with Crippen LogP contribution < -0.4 is 5.32 Å². The number of aromatic hydroxyl groups is 1. The molecule has 0 aliphatic carbocycles. The maximum absolute atomic E-state index is 12.5. The molecule has 0 saturated carbocycles. The van der Waals surface area contributed by atoms with Crippen LogP contribution in [0.25, 0.3) is 0 Å². The summed E-state index contributed by atoms with van der Waals surface area (Å²) < 4.78 is 0. The lowest BCUT2D eigenvalue weighted by Crippen LogP contribution is -2.53. The number of rotatable bonds is 2. The maximum atomic E-state index is 12.5. The molecular formula is C17H24ClN3O3. The van der Waals surface area contributed by atoms with Crippen LogP contribution in [0.4, 0.5) is 0 Å². The normalized spacial score (nSPS) is 21.1. The summed E-state index contributed by atoms with van der Waals surface area (Å²) in [6.07, 6.45) is 1.99. The number of carbonyl (C=O) groups excluding carboxylic acids is 2. The SMILES string of the molecule is Cl.O=C(c1ccccc1O)N1CCN(C(=O)C2CCCNC2)CC1. The molecule has 2 aliphatic heterocycles. The van der Waals surface area contributed by atoms with E-state index in [1.54, 1.807) is 23.1 Å². The topological polar surface area (TPSA) is 72.9 Å². The molecule has 1 atom stereocenters. The summed E-state index contributed by atoms with van der Waals surface area (Å²) in [5.74, 6) is 0.106. The van der Waals surface area contributed by atoms with E-state index in [0.717, 1.165) is 25.9 Å². The van der Waals surface area contributed by atoms with Crippen molar-refractivity contribution >= 4 is 24.2 Å². The van der Waals surface area contributed by atoms with Gasteiger partial charge in [0.05, 0.1) is 11.5 Å². The third kappa shape index (κ3) is 3.99. The monoisotopic (exact) mass is 353 g/mol. The van der Waals surface area contributed by atoms with Gasteiger partial charge in [0.2, 0.25) is 5.91 Å². The zero-order valence-corrected chi connectivity index (χ0v) is 14.4. The first-order valence-electron chi connectivity index (χ1n) is 8.23. The second kappa shape index (κ2) is 8.35. The third-order valence-electron chi connectivity index (χ3n) is 4.66. The number of piperazine rings is 1. The van der Waals surface area contributed by atoms with Crippen LogP contribution in [0.1, 0.15) is 23.2 Å². The van der Waals surface area contributed by atoms with Gasteiger partial charge in [-0.1, -0.05) is 12.1 Å². The Morgan fingerprint density at radius 2 is 1.75 bits per heavy atom. The summed E-state index contributed by atoms with van der Waals surface area (Å²) in [6.45, 7) is 3.91. The number of nitrogens with one attached hydrogen (secondary N) is 1. The molecule has 2 heterocycles. The van der Waals surface area contributed by atoms with Crippen molar-refractivity contribution in [2.45, 2.75) is 12.8 Å². The van der Waals surface area contributed by atoms with Crippen molar-refractivity contribution in [2.75, 3.05) is 39.3 Å². The van der Waals surface area contributed by atoms with Gasteiger partial charge >= 0.3 is 0 Å². The number of phenolic OH excluding ortho intramolecular Hbond substituents is 1. The Bertz CT molecular complexity index is 582. The lowest BCUT2D eigenvalue weighted by molar-refractivity contribution is -0.137. The average molecular weight is 354 g/mol. The van der Waals surface area contributed by atoms with Crippen molar-refractivity contribution in [3.05, 3.63) is 29.8 Å². The number of hydrogen-bond donors (Lipinski definition) is 2. The Morgan fingerprint density at radius 3 is 2.38 bits per heavy atom. The van der Waals surface area contributed by atoms with Crippen LogP contribution in [0, 0.1) is 5.92 Å². The molecule has 0 bridgehead atoms. The van der Waals surface area contributed by atoms with Gasteiger partial charge in [0, 0.05) is 32.7 Å². The van der Waals surface area contributed by atoms with E-state index >= 15 is 0 Å². The number of halogens is 1. The van der Waals surface area contributed by atoms with Crippen LogP contribution in [-0.2, 0) is 4.79 Å². The molecule has 0 spiro atoms. The molecule has 132 valence electrons. The van der Waals surface area contributed by atoms with E-state index < -0.39 is 0 Å². The van der Waals surface area contributed by atoms with E-state index in [0.29, 0.717) is 31.7 Å². The van der Waals surface area contributed by atoms with Crippen LogP contribution in [0.2, 0.25) is 0 Å². The zero-order valence-electron chi connectivity index (χ0n) is 13.6. The van der Waals surface area contributed by atoms with Gasteiger partial charge in [-0.2, -0.15) is 0 Å². The Labute approximate surface area is 148 Å². The summed E-state index contributed by atoms with van der Waals surface area (Å²) in [6, 6.07) is 6.58. The minimum Gasteiger partial charge on any atom is -0.507 e. The molecule has 0 aromatic heterocycles. The minimum atomic E-state index is -0.172. The fourth-order valence-electron chi connectivity index (χ4n) is 3.28. The zero-order chi connectivity index (χ0) is 16.2. The summed E-state index contributed by atoms with van der Waals surface area (Å²) in [7, 11) is 0. The number of para-hydroxylation sites is 1. The summed E-state index contributed by atoms with van der Waals surface area (Å²) >= 11 is 0. The number of amides is 2. The quantitative estimate of drug-likeness (QED) is 0.835. The fraction of sp³-hybridized carbons (Fsp3) is 0.529. The number of carbonyl (C=O) groups is 2. The van der Waals surface area contributed by atoms with Crippen molar-refractivity contribution in [1.82, 2.24) is 15.1 Å². The molecule has 1 unspecified atom stereocenters. The maximum Gasteiger partial charge on any atom is 0.257 e. The molecule has 24 heavy (non-hydrogen) atoms. The molecule has 3 rings (SSSR count). The Balaban J connectivity index is 0.00000208. The Hall–Kier alpha value is -1.79. The van der Waals surface area contributed by atoms with Crippen LogP contribution in [0.5, 0.6) is 5.75 Å². The molecule has 7 heteroatoms. The molecule has 2 N–H and O–H groups in total. The van der Waals surface area contributed by atoms with Gasteiger partial charge in [-0.25, -0.2) is 0 Å². The molecule has 6 nitrogen and oxygen atoms in total. The van der Waals surface area contributed by atoms with E-state index in [1.165, 1.54) is 6.07 Å². The highest BCUT2D eigenvalue weighted by Gasteiger charge is 2.30. The van der Waals surface area contributed by atoms with E-state index in [4.69, 9.17) is 0 Å². The predicted molar refractivity (Wildman–Crippen MR) is 93.4 cm³/mol. The van der Waals surface area contributed by atoms with Gasteiger partial charge in [0.15, 0.2) is 0 Å². The second-order valence-corrected chi connectivity index (χ2v) is 6.18. The van der Waals surface area contributed by atoms with Gasteiger partial charge in [-0.15, -0.1) is 12.4 Å². The largest absolute Gasteiger partial charge is 0.507 e. The summed E-state index contributed by atoms with van der Waals surface area (Å²) in [4.78, 5) is 28.5. The highest BCUT2D eigenvalue weighted by Crippen LogP contribution is 2.20. The van der Waals surface area contributed by atoms with Gasteiger partial charge in [0.25, 0.3) is 5.91 Å². The van der Waals surface area contributed by atoms with E-state index in [1.807, 2.05) is 4.90 Å². The fourth-order valence-corrected chi connectivity index (χ4v) is 3.28. The van der Waals surface area contributed by atoms with Crippen LogP contribution in [0.3, 0.4) is 0 Å². The molecule has 1 aromatic carbocycles. The lowest BCUT2D eigenvalue weighted by atomic mass is 9.98. The third-order valence-corrected chi connectivity index (χ3v) is 4.66. The predicted octanol–water partition coefficient (Wildman–Crippen LogP) is 1.10. The number of benzene rings is 1. The molecule has 2 saturated heterocycles.